The van der Waals surface area contributed by atoms with E-state index in [0.717, 1.165) is 6.42 Å². The van der Waals surface area contributed by atoms with Gasteiger partial charge in [0.25, 0.3) is 0 Å². The number of hydrogen-bond donors (Lipinski definition) is 2. The largest absolute Gasteiger partial charge is 0.368 e. The van der Waals surface area contributed by atoms with Crippen LogP contribution in [-0.2, 0) is 17.8 Å². The highest BCUT2D eigenvalue weighted by atomic mass is 16.1. The lowest BCUT2D eigenvalue weighted by atomic mass is 9.87. The van der Waals surface area contributed by atoms with E-state index < -0.39 is 5.54 Å². The van der Waals surface area contributed by atoms with Crippen molar-refractivity contribution in [1.29, 1.82) is 0 Å². The van der Waals surface area contributed by atoms with Crippen molar-refractivity contribution in [3.05, 3.63) is 35.4 Å². The highest BCUT2D eigenvalue weighted by Gasteiger charge is 2.33. The summed E-state index contributed by atoms with van der Waals surface area (Å²) in [4.78, 5) is 11.5. The number of nitrogens with one attached hydrogen (secondary N) is 1. The molecule has 0 aromatic heterocycles. The van der Waals surface area contributed by atoms with Crippen molar-refractivity contribution in [2.24, 2.45) is 11.7 Å². The zero-order valence-corrected chi connectivity index (χ0v) is 11.8. The first-order valence-electron chi connectivity index (χ1n) is 6.53. The quantitative estimate of drug-likeness (QED) is 0.811. The van der Waals surface area contributed by atoms with Crippen molar-refractivity contribution in [2.45, 2.75) is 46.2 Å². The van der Waals surface area contributed by atoms with Gasteiger partial charge in [0.15, 0.2) is 0 Å². The second-order valence-electron chi connectivity index (χ2n) is 5.24. The minimum atomic E-state index is -0.663. The number of benzene rings is 1. The molecule has 0 aliphatic carbocycles. The monoisotopic (exact) mass is 248 g/mol. The maximum Gasteiger partial charge on any atom is 0.237 e. The van der Waals surface area contributed by atoms with E-state index in [1.165, 1.54) is 11.1 Å². The molecule has 0 spiro atoms. The fourth-order valence-electron chi connectivity index (χ4n) is 1.75. The standard InChI is InChI=1S/C15H24N2O/c1-5-12-6-8-13(9-7-12)10-17-15(4,11(2)3)14(16)18/h6-9,11,17H,5,10H2,1-4H3,(H2,16,18). The van der Waals surface area contributed by atoms with Crippen LogP contribution in [0.1, 0.15) is 38.8 Å². The van der Waals surface area contributed by atoms with Crippen LogP contribution >= 0.6 is 0 Å². The number of primary amides is 1. The maximum atomic E-state index is 11.5. The van der Waals surface area contributed by atoms with Crippen molar-refractivity contribution in [1.82, 2.24) is 5.32 Å². The lowest BCUT2D eigenvalue weighted by Gasteiger charge is -2.31. The normalized spacial score (nSPS) is 14.5. The molecular formula is C15H24N2O. The second-order valence-corrected chi connectivity index (χ2v) is 5.24. The van der Waals surface area contributed by atoms with Crippen LogP contribution in [0.5, 0.6) is 0 Å². The molecule has 1 aromatic rings. The number of carbonyl (C=O) groups is 1. The van der Waals surface area contributed by atoms with E-state index in [-0.39, 0.29) is 11.8 Å². The Balaban J connectivity index is 2.70. The molecule has 0 radical (unpaired) electrons. The van der Waals surface area contributed by atoms with Crippen LogP contribution in [0.2, 0.25) is 0 Å². The minimum Gasteiger partial charge on any atom is -0.368 e. The van der Waals surface area contributed by atoms with E-state index in [2.05, 4.69) is 36.5 Å². The highest BCUT2D eigenvalue weighted by molar-refractivity contribution is 5.84. The summed E-state index contributed by atoms with van der Waals surface area (Å²) in [5, 5.41) is 3.27. The summed E-state index contributed by atoms with van der Waals surface area (Å²) in [5.41, 5.74) is 7.30. The van der Waals surface area contributed by atoms with Crippen molar-refractivity contribution >= 4 is 5.91 Å². The number of hydrogen-bond acceptors (Lipinski definition) is 2. The summed E-state index contributed by atoms with van der Waals surface area (Å²) in [7, 11) is 0. The molecule has 0 bridgehead atoms. The fourth-order valence-corrected chi connectivity index (χ4v) is 1.75. The molecule has 1 unspecified atom stereocenters. The SMILES string of the molecule is CCc1ccc(CNC(C)(C(N)=O)C(C)C)cc1. The molecule has 100 valence electrons. The average Bonchev–Trinajstić information content (AvgIpc) is 2.36. The van der Waals surface area contributed by atoms with Gasteiger partial charge in [0.05, 0.1) is 5.54 Å². The molecular weight excluding hydrogens is 224 g/mol. The summed E-state index contributed by atoms with van der Waals surface area (Å²) in [6.07, 6.45) is 1.04. The van der Waals surface area contributed by atoms with Gasteiger partial charge in [-0.25, -0.2) is 0 Å². The van der Waals surface area contributed by atoms with Crippen molar-refractivity contribution in [3.63, 3.8) is 0 Å². The van der Waals surface area contributed by atoms with Gasteiger partial charge in [-0.3, -0.25) is 10.1 Å². The Labute approximate surface area is 110 Å². The number of carbonyl (C=O) groups excluding carboxylic acids is 1. The molecule has 3 N–H and O–H groups in total. The van der Waals surface area contributed by atoms with Gasteiger partial charge < -0.3 is 5.73 Å². The maximum absolute atomic E-state index is 11.5. The summed E-state index contributed by atoms with van der Waals surface area (Å²) >= 11 is 0. The Morgan fingerprint density at radius 3 is 2.17 bits per heavy atom. The van der Waals surface area contributed by atoms with Gasteiger partial charge >= 0.3 is 0 Å². The van der Waals surface area contributed by atoms with E-state index >= 15 is 0 Å². The topological polar surface area (TPSA) is 55.1 Å². The zero-order chi connectivity index (χ0) is 13.8. The van der Waals surface area contributed by atoms with E-state index in [0.29, 0.717) is 6.54 Å². The summed E-state index contributed by atoms with van der Waals surface area (Å²) in [5.74, 6) is -0.146. The average molecular weight is 248 g/mol. The molecule has 1 amide bonds. The molecule has 1 aromatic carbocycles. The van der Waals surface area contributed by atoms with Crippen LogP contribution in [0, 0.1) is 5.92 Å². The van der Waals surface area contributed by atoms with Crippen LogP contribution in [0.3, 0.4) is 0 Å². The number of rotatable bonds is 6. The second kappa shape index (κ2) is 6.01. The lowest BCUT2D eigenvalue weighted by molar-refractivity contribution is -0.125. The molecule has 1 rings (SSSR count). The fraction of sp³-hybridized carbons (Fsp3) is 0.533. The Bertz CT molecular complexity index is 397. The van der Waals surface area contributed by atoms with Crippen LogP contribution < -0.4 is 11.1 Å². The Hall–Kier alpha value is -1.35. The van der Waals surface area contributed by atoms with Crippen LogP contribution in [0.15, 0.2) is 24.3 Å². The Morgan fingerprint density at radius 2 is 1.78 bits per heavy atom. The van der Waals surface area contributed by atoms with E-state index in [1.807, 2.05) is 20.8 Å². The Morgan fingerprint density at radius 1 is 1.28 bits per heavy atom. The van der Waals surface area contributed by atoms with Crippen molar-refractivity contribution in [3.8, 4) is 0 Å². The molecule has 18 heavy (non-hydrogen) atoms. The van der Waals surface area contributed by atoms with Gasteiger partial charge in [0.2, 0.25) is 5.91 Å². The van der Waals surface area contributed by atoms with Crippen molar-refractivity contribution < 1.29 is 4.79 Å². The molecule has 0 saturated carbocycles. The summed E-state index contributed by atoms with van der Waals surface area (Å²) in [6.45, 7) is 8.65. The smallest absolute Gasteiger partial charge is 0.237 e. The number of nitrogens with two attached hydrogens (primary N) is 1. The molecule has 0 aliphatic rings. The molecule has 0 fully saturated rings. The third-order valence-corrected chi connectivity index (χ3v) is 3.76. The molecule has 0 heterocycles. The number of amides is 1. The number of aryl methyl sites for hydroxylation is 1. The van der Waals surface area contributed by atoms with Gasteiger partial charge in [0, 0.05) is 6.54 Å². The third kappa shape index (κ3) is 3.33. The summed E-state index contributed by atoms with van der Waals surface area (Å²) in [6, 6.07) is 8.42. The summed E-state index contributed by atoms with van der Waals surface area (Å²) < 4.78 is 0. The lowest BCUT2D eigenvalue weighted by Crippen LogP contribution is -2.56. The van der Waals surface area contributed by atoms with Crippen LogP contribution in [0.25, 0.3) is 0 Å². The predicted octanol–water partition coefficient (Wildman–Crippen LogP) is 2.24. The zero-order valence-electron chi connectivity index (χ0n) is 11.8. The van der Waals surface area contributed by atoms with E-state index in [4.69, 9.17) is 5.73 Å². The first kappa shape index (κ1) is 14.7. The molecule has 1 atom stereocenters. The molecule has 3 heteroatoms. The first-order valence-corrected chi connectivity index (χ1v) is 6.53. The Kier molecular flexibility index (Phi) is 4.91. The van der Waals surface area contributed by atoms with Gasteiger partial charge in [-0.15, -0.1) is 0 Å². The van der Waals surface area contributed by atoms with Crippen molar-refractivity contribution in [2.75, 3.05) is 0 Å². The van der Waals surface area contributed by atoms with Gasteiger partial charge in [0.1, 0.15) is 0 Å². The van der Waals surface area contributed by atoms with Crippen LogP contribution in [-0.4, -0.2) is 11.4 Å². The van der Waals surface area contributed by atoms with Gasteiger partial charge in [-0.05, 0) is 30.4 Å². The first-order chi connectivity index (χ1) is 8.40. The predicted molar refractivity (Wildman–Crippen MR) is 75.1 cm³/mol. The highest BCUT2D eigenvalue weighted by Crippen LogP contribution is 2.17. The molecule has 0 saturated heterocycles. The molecule has 3 nitrogen and oxygen atoms in total. The van der Waals surface area contributed by atoms with E-state index in [1.54, 1.807) is 0 Å². The molecule has 0 aliphatic heterocycles. The third-order valence-electron chi connectivity index (χ3n) is 3.76. The van der Waals surface area contributed by atoms with Crippen LogP contribution in [0.4, 0.5) is 0 Å². The van der Waals surface area contributed by atoms with Gasteiger partial charge in [-0.2, -0.15) is 0 Å². The van der Waals surface area contributed by atoms with E-state index in [9.17, 15) is 4.79 Å². The van der Waals surface area contributed by atoms with Gasteiger partial charge in [-0.1, -0.05) is 45.0 Å². The minimum absolute atomic E-state index is 0.157.